The third kappa shape index (κ3) is 4.05. The average molecular weight is 391 g/mol. The van der Waals surface area contributed by atoms with Crippen molar-refractivity contribution < 1.29 is 18.1 Å². The van der Waals surface area contributed by atoms with Crippen LogP contribution in [0.25, 0.3) is 10.6 Å². The number of hydrogen-bond acceptors (Lipinski definition) is 5. The van der Waals surface area contributed by atoms with Gasteiger partial charge in [0.1, 0.15) is 5.69 Å². The molecule has 3 rings (SSSR count). The number of thiophene rings is 1. The molecule has 3 heterocycles. The first kappa shape index (κ1) is 19.2. The average Bonchev–Trinajstić information content (AvgIpc) is 3.23. The van der Waals surface area contributed by atoms with Gasteiger partial charge in [-0.15, -0.1) is 11.3 Å². The SMILES string of the molecule is CCCc1ccncc1NC(=O)c1ccc(-c2noc(C(C)(F)F)c2C)s1. The number of amides is 1. The van der Waals surface area contributed by atoms with Crippen LogP contribution in [-0.2, 0) is 12.3 Å². The Morgan fingerprint density at radius 1 is 1.33 bits per heavy atom. The lowest BCUT2D eigenvalue weighted by Crippen LogP contribution is -2.12. The molecule has 8 heteroatoms. The van der Waals surface area contributed by atoms with E-state index in [-0.39, 0.29) is 11.5 Å². The highest BCUT2D eigenvalue weighted by Crippen LogP contribution is 2.37. The van der Waals surface area contributed by atoms with Crippen molar-refractivity contribution in [2.24, 2.45) is 0 Å². The zero-order valence-electron chi connectivity index (χ0n) is 15.2. The first-order valence-corrected chi connectivity index (χ1v) is 9.32. The van der Waals surface area contributed by atoms with E-state index in [4.69, 9.17) is 4.52 Å². The molecule has 0 fully saturated rings. The van der Waals surface area contributed by atoms with Crippen LogP contribution in [0.1, 0.15) is 46.8 Å². The maximum Gasteiger partial charge on any atom is 0.304 e. The van der Waals surface area contributed by atoms with E-state index in [1.165, 1.54) is 18.3 Å². The van der Waals surface area contributed by atoms with Crippen LogP contribution in [0.15, 0.2) is 35.1 Å². The smallest absolute Gasteiger partial charge is 0.304 e. The van der Waals surface area contributed by atoms with Gasteiger partial charge in [0.15, 0.2) is 0 Å². The fourth-order valence-electron chi connectivity index (χ4n) is 2.77. The molecule has 0 radical (unpaired) electrons. The van der Waals surface area contributed by atoms with Gasteiger partial charge in [0, 0.05) is 18.7 Å². The van der Waals surface area contributed by atoms with E-state index in [2.05, 4.69) is 22.4 Å². The fourth-order valence-corrected chi connectivity index (χ4v) is 3.71. The van der Waals surface area contributed by atoms with Gasteiger partial charge in [-0.3, -0.25) is 9.78 Å². The molecule has 1 amide bonds. The standard InChI is InChI=1S/C19H19F2N3O2S/c1-4-5-12-8-9-22-10-13(12)23-18(25)15-7-6-14(27-15)16-11(2)17(26-24-16)19(3,20)21/h6-10H,4-5H2,1-3H3,(H,23,25). The number of alkyl halides is 2. The molecule has 1 N–H and O–H groups in total. The summed E-state index contributed by atoms with van der Waals surface area (Å²) in [4.78, 5) is 17.7. The zero-order valence-corrected chi connectivity index (χ0v) is 16.0. The molecule has 0 atom stereocenters. The molecular formula is C19H19F2N3O2S. The first-order valence-electron chi connectivity index (χ1n) is 8.50. The molecule has 27 heavy (non-hydrogen) atoms. The Morgan fingerprint density at radius 3 is 2.78 bits per heavy atom. The van der Waals surface area contributed by atoms with Gasteiger partial charge < -0.3 is 9.84 Å². The number of aromatic nitrogens is 2. The maximum atomic E-state index is 13.5. The zero-order chi connectivity index (χ0) is 19.6. The third-order valence-corrected chi connectivity index (χ3v) is 5.16. The summed E-state index contributed by atoms with van der Waals surface area (Å²) in [7, 11) is 0. The second-order valence-corrected chi connectivity index (χ2v) is 7.36. The Morgan fingerprint density at radius 2 is 2.11 bits per heavy atom. The molecule has 0 aliphatic carbocycles. The molecule has 3 aromatic rings. The van der Waals surface area contributed by atoms with Crippen molar-refractivity contribution in [2.75, 3.05) is 5.32 Å². The van der Waals surface area contributed by atoms with Crippen LogP contribution in [0.4, 0.5) is 14.5 Å². The molecule has 0 bridgehead atoms. The minimum absolute atomic E-state index is 0.272. The summed E-state index contributed by atoms with van der Waals surface area (Å²) in [6.07, 6.45) is 5.10. The highest BCUT2D eigenvalue weighted by molar-refractivity contribution is 7.17. The lowest BCUT2D eigenvalue weighted by Gasteiger charge is -2.08. The minimum Gasteiger partial charge on any atom is -0.354 e. The molecular weight excluding hydrogens is 372 g/mol. The van der Waals surface area contributed by atoms with Gasteiger partial charge in [0.2, 0.25) is 5.76 Å². The molecule has 142 valence electrons. The van der Waals surface area contributed by atoms with Crippen molar-refractivity contribution in [1.82, 2.24) is 10.1 Å². The number of anilines is 1. The number of nitrogens with zero attached hydrogens (tertiary/aromatic N) is 2. The number of halogens is 2. The highest BCUT2D eigenvalue weighted by atomic mass is 32.1. The van der Waals surface area contributed by atoms with Crippen LogP contribution in [0.2, 0.25) is 0 Å². The van der Waals surface area contributed by atoms with E-state index in [0.29, 0.717) is 21.1 Å². The number of nitrogens with one attached hydrogen (secondary N) is 1. The number of carbonyl (C=O) groups excluding carboxylic acids is 1. The van der Waals surface area contributed by atoms with Crippen LogP contribution in [0.5, 0.6) is 0 Å². The van der Waals surface area contributed by atoms with Gasteiger partial charge in [-0.25, -0.2) is 0 Å². The normalized spacial score (nSPS) is 11.6. The number of carbonyl (C=O) groups is 1. The Labute approximate surface area is 159 Å². The van der Waals surface area contributed by atoms with Crippen LogP contribution < -0.4 is 5.32 Å². The molecule has 0 unspecified atom stereocenters. The summed E-state index contributed by atoms with van der Waals surface area (Å²) in [6, 6.07) is 5.20. The van der Waals surface area contributed by atoms with Gasteiger partial charge in [-0.2, -0.15) is 8.78 Å². The quantitative estimate of drug-likeness (QED) is 0.609. The molecule has 0 aliphatic heterocycles. The van der Waals surface area contributed by atoms with Crippen LogP contribution in [0, 0.1) is 6.92 Å². The molecule has 0 spiro atoms. The molecule has 0 aliphatic rings. The summed E-state index contributed by atoms with van der Waals surface area (Å²) in [5.41, 5.74) is 2.28. The molecule has 0 aromatic carbocycles. The highest BCUT2D eigenvalue weighted by Gasteiger charge is 2.33. The predicted molar refractivity (Wildman–Crippen MR) is 100 cm³/mol. The van der Waals surface area contributed by atoms with Crippen molar-refractivity contribution in [2.45, 2.75) is 39.5 Å². The lowest BCUT2D eigenvalue weighted by atomic mass is 10.1. The van der Waals surface area contributed by atoms with Crippen molar-refractivity contribution in [3.05, 3.63) is 52.4 Å². The van der Waals surface area contributed by atoms with Crippen LogP contribution >= 0.6 is 11.3 Å². The fraction of sp³-hybridized carbons (Fsp3) is 0.316. The minimum atomic E-state index is -3.11. The second-order valence-electron chi connectivity index (χ2n) is 6.27. The van der Waals surface area contributed by atoms with Gasteiger partial charge in [-0.1, -0.05) is 18.5 Å². The summed E-state index contributed by atoms with van der Waals surface area (Å²) >= 11 is 1.17. The van der Waals surface area contributed by atoms with Gasteiger partial charge in [-0.05, 0) is 37.1 Å². The van der Waals surface area contributed by atoms with E-state index >= 15 is 0 Å². The van der Waals surface area contributed by atoms with Gasteiger partial charge in [0.25, 0.3) is 5.91 Å². The number of aryl methyl sites for hydroxylation is 1. The van der Waals surface area contributed by atoms with Crippen molar-refractivity contribution in [3.63, 3.8) is 0 Å². The largest absolute Gasteiger partial charge is 0.354 e. The maximum absolute atomic E-state index is 13.5. The Balaban J connectivity index is 1.82. The monoisotopic (exact) mass is 391 g/mol. The lowest BCUT2D eigenvalue weighted by molar-refractivity contribution is -0.0112. The van der Waals surface area contributed by atoms with Crippen LogP contribution in [0.3, 0.4) is 0 Å². The number of hydrogen-bond donors (Lipinski definition) is 1. The van der Waals surface area contributed by atoms with Crippen molar-refractivity contribution in [1.29, 1.82) is 0 Å². The summed E-state index contributed by atoms with van der Waals surface area (Å²) in [6.45, 7) is 4.36. The molecule has 3 aromatic heterocycles. The summed E-state index contributed by atoms with van der Waals surface area (Å²) < 4.78 is 31.9. The molecule has 5 nitrogen and oxygen atoms in total. The molecule has 0 saturated heterocycles. The number of pyridine rings is 1. The summed E-state index contributed by atoms with van der Waals surface area (Å²) in [5, 5.41) is 6.63. The van der Waals surface area contributed by atoms with Crippen molar-refractivity contribution >= 4 is 22.9 Å². The third-order valence-electron chi connectivity index (χ3n) is 4.06. The van der Waals surface area contributed by atoms with E-state index in [1.807, 2.05) is 6.07 Å². The van der Waals surface area contributed by atoms with E-state index in [9.17, 15) is 13.6 Å². The number of rotatable bonds is 6. The van der Waals surface area contributed by atoms with E-state index in [0.717, 1.165) is 25.3 Å². The Hall–Kier alpha value is -2.61. The first-order chi connectivity index (χ1) is 12.8. The topological polar surface area (TPSA) is 68.0 Å². The van der Waals surface area contributed by atoms with Crippen LogP contribution in [-0.4, -0.2) is 16.0 Å². The van der Waals surface area contributed by atoms with Gasteiger partial charge in [0.05, 0.1) is 21.6 Å². The van der Waals surface area contributed by atoms with Gasteiger partial charge >= 0.3 is 5.92 Å². The predicted octanol–water partition coefficient (Wildman–Crippen LogP) is 5.42. The molecule has 0 saturated carbocycles. The Kier molecular flexibility index (Phi) is 5.36. The van der Waals surface area contributed by atoms with E-state index < -0.39 is 11.7 Å². The summed E-state index contributed by atoms with van der Waals surface area (Å²) in [5.74, 6) is -3.85. The Bertz CT molecular complexity index is 960. The van der Waals surface area contributed by atoms with E-state index in [1.54, 1.807) is 24.5 Å². The van der Waals surface area contributed by atoms with Crippen molar-refractivity contribution in [3.8, 4) is 10.6 Å². The second kappa shape index (κ2) is 7.56.